The van der Waals surface area contributed by atoms with E-state index in [4.69, 9.17) is 28.9 Å². The Morgan fingerprint density at radius 2 is 1.59 bits per heavy atom. The van der Waals surface area contributed by atoms with Gasteiger partial charge in [-0.1, -0.05) is 67.4 Å². The molecule has 0 aromatic heterocycles. The molecule has 3 rings (SSSR count). The molecule has 2 aromatic carbocycles. The molecule has 1 aliphatic carbocycles. The third kappa shape index (κ3) is 4.41. The number of rotatable bonds is 4. The van der Waals surface area contributed by atoms with Crippen molar-refractivity contribution in [1.29, 1.82) is 0 Å². The Morgan fingerprint density at radius 1 is 1.04 bits per heavy atom. The third-order valence-corrected chi connectivity index (χ3v) is 6.35. The average molecular weight is 404 g/mol. The standard InChI is InChI=1S/C23H27Cl2NO/c1-22(2)12-11-18(15-26)23(27,14-17-5-9-20(25)10-6-17)21(22)13-16-3-7-19(24)8-4-16/h3-10,13,18,27H,11-12,14-15,26H2,1-2H3. The summed E-state index contributed by atoms with van der Waals surface area (Å²) in [5.41, 5.74) is 8.11. The number of aliphatic hydroxyl groups is 1. The fraction of sp³-hybridized carbons (Fsp3) is 0.391. The molecular formula is C23H27Cl2NO. The van der Waals surface area contributed by atoms with E-state index in [0.717, 1.165) is 29.5 Å². The molecule has 2 nitrogen and oxygen atoms in total. The first kappa shape index (κ1) is 20.4. The number of hydrogen-bond donors (Lipinski definition) is 2. The predicted octanol–water partition coefficient (Wildman–Crippen LogP) is 5.75. The van der Waals surface area contributed by atoms with Crippen LogP contribution in [0.15, 0.2) is 54.1 Å². The van der Waals surface area contributed by atoms with Crippen molar-refractivity contribution in [1.82, 2.24) is 0 Å². The highest BCUT2D eigenvalue weighted by Crippen LogP contribution is 2.50. The summed E-state index contributed by atoms with van der Waals surface area (Å²) in [5, 5.41) is 13.4. The van der Waals surface area contributed by atoms with Gasteiger partial charge < -0.3 is 10.8 Å². The van der Waals surface area contributed by atoms with Crippen LogP contribution in [0.5, 0.6) is 0 Å². The summed E-state index contributed by atoms with van der Waals surface area (Å²) >= 11 is 12.1. The Morgan fingerprint density at radius 3 is 2.15 bits per heavy atom. The van der Waals surface area contributed by atoms with E-state index in [-0.39, 0.29) is 11.3 Å². The van der Waals surface area contributed by atoms with Crippen LogP contribution in [0, 0.1) is 11.3 Å². The van der Waals surface area contributed by atoms with Gasteiger partial charge in [-0.15, -0.1) is 0 Å². The second-order valence-electron chi connectivity index (χ2n) is 8.19. The van der Waals surface area contributed by atoms with Crippen molar-refractivity contribution in [3.8, 4) is 0 Å². The van der Waals surface area contributed by atoms with Crippen molar-refractivity contribution in [3.63, 3.8) is 0 Å². The maximum Gasteiger partial charge on any atom is 0.0945 e. The summed E-state index contributed by atoms with van der Waals surface area (Å²) in [6.45, 7) is 4.86. The fourth-order valence-electron chi connectivity index (χ4n) is 4.23. The van der Waals surface area contributed by atoms with Gasteiger partial charge in [0.1, 0.15) is 0 Å². The quantitative estimate of drug-likeness (QED) is 0.682. The zero-order valence-corrected chi connectivity index (χ0v) is 17.4. The summed E-state index contributed by atoms with van der Waals surface area (Å²) in [4.78, 5) is 0. The van der Waals surface area contributed by atoms with Crippen LogP contribution in [0.25, 0.3) is 6.08 Å². The van der Waals surface area contributed by atoms with Crippen LogP contribution in [-0.2, 0) is 6.42 Å². The first-order valence-electron chi connectivity index (χ1n) is 9.40. The minimum absolute atomic E-state index is 0.0137. The number of benzene rings is 2. The van der Waals surface area contributed by atoms with Gasteiger partial charge in [-0.05, 0) is 65.8 Å². The Labute approximate surface area is 172 Å². The number of halogens is 2. The van der Waals surface area contributed by atoms with Crippen molar-refractivity contribution in [2.24, 2.45) is 17.1 Å². The molecule has 3 N–H and O–H groups in total. The highest BCUT2D eigenvalue weighted by Gasteiger charge is 2.49. The van der Waals surface area contributed by atoms with Crippen molar-refractivity contribution in [2.75, 3.05) is 6.54 Å². The molecule has 0 bridgehead atoms. The maximum absolute atomic E-state index is 12.0. The van der Waals surface area contributed by atoms with Gasteiger partial charge in [-0.3, -0.25) is 0 Å². The Balaban J connectivity index is 2.07. The van der Waals surface area contributed by atoms with Crippen LogP contribution in [0.1, 0.15) is 37.8 Å². The van der Waals surface area contributed by atoms with Crippen molar-refractivity contribution < 1.29 is 5.11 Å². The van der Waals surface area contributed by atoms with E-state index in [1.54, 1.807) is 0 Å². The molecule has 1 saturated carbocycles. The molecule has 1 aliphatic rings. The molecule has 0 radical (unpaired) electrons. The summed E-state index contributed by atoms with van der Waals surface area (Å²) in [6.07, 6.45) is 4.55. The lowest BCUT2D eigenvalue weighted by atomic mass is 9.59. The van der Waals surface area contributed by atoms with Crippen molar-refractivity contribution in [3.05, 3.63) is 75.3 Å². The van der Waals surface area contributed by atoms with Gasteiger partial charge in [0.05, 0.1) is 5.60 Å². The number of hydrogen-bond acceptors (Lipinski definition) is 2. The van der Waals surface area contributed by atoms with Gasteiger partial charge in [0.25, 0.3) is 0 Å². The van der Waals surface area contributed by atoms with Crippen LogP contribution >= 0.6 is 23.2 Å². The Bertz CT molecular complexity index is 811. The molecule has 2 aromatic rings. The Hall–Kier alpha value is -1.32. The summed E-state index contributed by atoms with van der Waals surface area (Å²) in [6, 6.07) is 15.4. The minimum atomic E-state index is -0.996. The SMILES string of the molecule is CC1(C)CCC(CN)C(O)(Cc2ccc(Cl)cc2)C1=Cc1ccc(Cl)cc1. The van der Waals surface area contributed by atoms with Crippen LogP contribution in [0.4, 0.5) is 0 Å². The molecule has 0 amide bonds. The van der Waals surface area contributed by atoms with Crippen molar-refractivity contribution in [2.45, 2.75) is 38.7 Å². The van der Waals surface area contributed by atoms with E-state index >= 15 is 0 Å². The molecule has 2 unspecified atom stereocenters. The van der Waals surface area contributed by atoms with E-state index < -0.39 is 5.60 Å². The summed E-state index contributed by atoms with van der Waals surface area (Å²) < 4.78 is 0. The largest absolute Gasteiger partial charge is 0.385 e. The van der Waals surface area contributed by atoms with Crippen LogP contribution in [0.2, 0.25) is 10.0 Å². The summed E-state index contributed by atoms with van der Waals surface area (Å²) in [5.74, 6) is 0.0137. The van der Waals surface area contributed by atoms with Crippen molar-refractivity contribution >= 4 is 29.3 Å². The Kier molecular flexibility index (Phi) is 6.02. The highest BCUT2D eigenvalue weighted by atomic mass is 35.5. The van der Waals surface area contributed by atoms with Gasteiger partial charge in [-0.2, -0.15) is 0 Å². The second kappa shape index (κ2) is 7.97. The first-order chi connectivity index (χ1) is 12.7. The molecule has 0 spiro atoms. The van der Waals surface area contributed by atoms with Crippen LogP contribution in [0.3, 0.4) is 0 Å². The lowest BCUT2D eigenvalue weighted by molar-refractivity contribution is -0.0245. The number of nitrogens with two attached hydrogens (primary N) is 1. The molecular weight excluding hydrogens is 377 g/mol. The lowest BCUT2D eigenvalue weighted by Crippen LogP contribution is -2.52. The normalized spacial score (nSPS) is 26.3. The second-order valence-corrected chi connectivity index (χ2v) is 9.07. The maximum atomic E-state index is 12.0. The molecule has 2 atom stereocenters. The van der Waals surface area contributed by atoms with E-state index in [1.807, 2.05) is 48.5 Å². The predicted molar refractivity (Wildman–Crippen MR) is 115 cm³/mol. The molecule has 1 fully saturated rings. The van der Waals surface area contributed by atoms with Gasteiger partial charge in [0.2, 0.25) is 0 Å². The van der Waals surface area contributed by atoms with Gasteiger partial charge in [-0.25, -0.2) is 0 Å². The fourth-order valence-corrected chi connectivity index (χ4v) is 4.48. The van der Waals surface area contributed by atoms with Gasteiger partial charge in [0.15, 0.2) is 0 Å². The van der Waals surface area contributed by atoms with E-state index in [1.165, 1.54) is 0 Å². The van der Waals surface area contributed by atoms with Gasteiger partial charge in [0, 0.05) is 22.4 Å². The first-order valence-corrected chi connectivity index (χ1v) is 10.2. The zero-order chi connectivity index (χ0) is 19.7. The van der Waals surface area contributed by atoms with Crippen LogP contribution in [-0.4, -0.2) is 17.3 Å². The smallest absolute Gasteiger partial charge is 0.0945 e. The molecule has 0 aliphatic heterocycles. The average Bonchev–Trinajstić information content (AvgIpc) is 2.62. The van der Waals surface area contributed by atoms with Crippen LogP contribution < -0.4 is 5.73 Å². The van der Waals surface area contributed by atoms with E-state index in [9.17, 15) is 5.11 Å². The molecule has 0 heterocycles. The lowest BCUT2D eigenvalue weighted by Gasteiger charge is -2.49. The molecule has 4 heteroatoms. The third-order valence-electron chi connectivity index (χ3n) is 5.84. The minimum Gasteiger partial charge on any atom is -0.385 e. The van der Waals surface area contributed by atoms with Gasteiger partial charge >= 0.3 is 0 Å². The topological polar surface area (TPSA) is 46.2 Å². The summed E-state index contributed by atoms with van der Waals surface area (Å²) in [7, 11) is 0. The molecule has 144 valence electrons. The molecule has 0 saturated heterocycles. The van der Waals surface area contributed by atoms with E-state index in [0.29, 0.717) is 23.0 Å². The highest BCUT2D eigenvalue weighted by molar-refractivity contribution is 6.30. The molecule has 27 heavy (non-hydrogen) atoms. The monoisotopic (exact) mass is 403 g/mol. The van der Waals surface area contributed by atoms with E-state index in [2.05, 4.69) is 19.9 Å². The zero-order valence-electron chi connectivity index (χ0n) is 15.9.